The second kappa shape index (κ2) is 7.13. The third-order valence-electron chi connectivity index (χ3n) is 5.52. The lowest BCUT2D eigenvalue weighted by atomic mass is 9.74. The third kappa shape index (κ3) is 3.34. The summed E-state index contributed by atoms with van der Waals surface area (Å²) in [5, 5.41) is 2.90. The van der Waals surface area contributed by atoms with E-state index < -0.39 is 21.5 Å². The number of aryl methyl sites for hydroxylation is 1. The molecule has 4 rings (SSSR count). The van der Waals surface area contributed by atoms with Crippen molar-refractivity contribution in [3.8, 4) is 0 Å². The molecule has 0 aromatic heterocycles. The number of hydrogen-bond acceptors (Lipinski definition) is 3. The molecule has 148 valence electrons. The number of nitrogens with one attached hydrogen (secondary N) is 2. The molecule has 0 bridgehead atoms. The number of carbonyl (C=O) groups excluding carboxylic acids is 1. The van der Waals surface area contributed by atoms with Crippen molar-refractivity contribution in [2.45, 2.75) is 30.2 Å². The van der Waals surface area contributed by atoms with Crippen LogP contribution in [0.25, 0.3) is 0 Å². The standard InChI is InChI=1S/C23H22N2O3S/c1-16-12-14-18(15-13-16)29(27,28)25-21(17-8-4-3-5-9-17)23(2)19-10-6-7-11-20(19)24-22(23)26/h3-15,21,25H,1-2H3,(H,24,26)/t21-,23-/m0/s1. The Kier molecular flexibility index (Phi) is 4.76. The molecule has 0 aliphatic carbocycles. The van der Waals surface area contributed by atoms with Gasteiger partial charge in [-0.05, 0) is 43.2 Å². The molecule has 0 unspecified atom stereocenters. The molecule has 2 atom stereocenters. The normalized spacial score (nSPS) is 19.4. The molecule has 2 N–H and O–H groups in total. The topological polar surface area (TPSA) is 75.3 Å². The van der Waals surface area contributed by atoms with Gasteiger partial charge in [-0.3, -0.25) is 4.79 Å². The predicted molar refractivity (Wildman–Crippen MR) is 113 cm³/mol. The van der Waals surface area contributed by atoms with Crippen LogP contribution in [-0.4, -0.2) is 14.3 Å². The number of rotatable bonds is 5. The van der Waals surface area contributed by atoms with Gasteiger partial charge in [0.15, 0.2) is 0 Å². The molecule has 1 amide bonds. The third-order valence-corrected chi connectivity index (χ3v) is 6.96. The number of amides is 1. The fraction of sp³-hybridized carbons (Fsp3) is 0.174. The summed E-state index contributed by atoms with van der Waals surface area (Å²) in [6.45, 7) is 3.68. The summed E-state index contributed by atoms with van der Waals surface area (Å²) in [4.78, 5) is 13.3. The van der Waals surface area contributed by atoms with Crippen molar-refractivity contribution in [2.24, 2.45) is 0 Å². The first-order valence-corrected chi connectivity index (χ1v) is 10.9. The zero-order chi connectivity index (χ0) is 20.6. The van der Waals surface area contributed by atoms with Crippen LogP contribution in [0.15, 0.2) is 83.8 Å². The number of benzene rings is 3. The number of sulfonamides is 1. The Bertz CT molecular complexity index is 1160. The van der Waals surface area contributed by atoms with E-state index in [9.17, 15) is 13.2 Å². The van der Waals surface area contributed by atoms with Gasteiger partial charge in [0.05, 0.1) is 16.4 Å². The minimum absolute atomic E-state index is 0.166. The quantitative estimate of drug-likeness (QED) is 0.674. The lowest BCUT2D eigenvalue weighted by molar-refractivity contribution is -0.121. The molecule has 29 heavy (non-hydrogen) atoms. The van der Waals surface area contributed by atoms with Gasteiger partial charge in [-0.25, -0.2) is 13.1 Å². The Morgan fingerprint density at radius 1 is 0.897 bits per heavy atom. The van der Waals surface area contributed by atoms with Gasteiger partial charge in [-0.1, -0.05) is 66.2 Å². The van der Waals surface area contributed by atoms with Gasteiger partial charge in [-0.2, -0.15) is 0 Å². The van der Waals surface area contributed by atoms with Crippen LogP contribution in [0, 0.1) is 6.92 Å². The number of para-hydroxylation sites is 1. The summed E-state index contributed by atoms with van der Waals surface area (Å²) in [6.07, 6.45) is 0. The number of hydrogen-bond donors (Lipinski definition) is 2. The zero-order valence-electron chi connectivity index (χ0n) is 16.2. The van der Waals surface area contributed by atoms with Crippen LogP contribution in [0.5, 0.6) is 0 Å². The van der Waals surface area contributed by atoms with E-state index in [0.717, 1.165) is 16.7 Å². The molecule has 0 saturated carbocycles. The van der Waals surface area contributed by atoms with Crippen molar-refractivity contribution in [3.05, 3.63) is 95.6 Å². The molecule has 0 fully saturated rings. The predicted octanol–water partition coefficient (Wildman–Crippen LogP) is 3.92. The van der Waals surface area contributed by atoms with Crippen LogP contribution in [0.3, 0.4) is 0 Å². The van der Waals surface area contributed by atoms with Crippen molar-refractivity contribution in [1.82, 2.24) is 4.72 Å². The molecule has 0 spiro atoms. The molecule has 1 aliphatic rings. The van der Waals surface area contributed by atoms with Crippen molar-refractivity contribution in [2.75, 3.05) is 5.32 Å². The van der Waals surface area contributed by atoms with E-state index >= 15 is 0 Å². The molecule has 3 aromatic rings. The summed E-state index contributed by atoms with van der Waals surface area (Å²) in [6, 6.07) is 22.5. The average Bonchev–Trinajstić information content (AvgIpc) is 2.98. The molecular weight excluding hydrogens is 384 g/mol. The van der Waals surface area contributed by atoms with Crippen molar-refractivity contribution < 1.29 is 13.2 Å². The summed E-state index contributed by atoms with van der Waals surface area (Å²) in [5.41, 5.74) is 2.06. The van der Waals surface area contributed by atoms with Crippen LogP contribution in [0.4, 0.5) is 5.69 Å². The molecule has 6 heteroatoms. The van der Waals surface area contributed by atoms with Gasteiger partial charge in [0.25, 0.3) is 0 Å². The fourth-order valence-corrected chi connectivity index (χ4v) is 5.12. The lowest BCUT2D eigenvalue weighted by Gasteiger charge is -2.33. The van der Waals surface area contributed by atoms with Crippen LogP contribution in [-0.2, 0) is 20.2 Å². The second-order valence-electron chi connectivity index (χ2n) is 7.48. The highest BCUT2D eigenvalue weighted by molar-refractivity contribution is 7.89. The first kappa shape index (κ1) is 19.4. The maximum absolute atomic E-state index is 13.2. The Morgan fingerprint density at radius 2 is 1.52 bits per heavy atom. The highest BCUT2D eigenvalue weighted by Gasteiger charge is 2.50. The fourth-order valence-electron chi connectivity index (χ4n) is 3.81. The smallest absolute Gasteiger partial charge is 0.241 e. The molecule has 1 aliphatic heterocycles. The van der Waals surface area contributed by atoms with Gasteiger partial charge in [-0.15, -0.1) is 0 Å². The first-order valence-electron chi connectivity index (χ1n) is 9.37. The Balaban J connectivity index is 1.84. The van der Waals surface area contributed by atoms with Crippen molar-refractivity contribution in [1.29, 1.82) is 0 Å². The molecule has 5 nitrogen and oxygen atoms in total. The zero-order valence-corrected chi connectivity index (χ0v) is 17.0. The Hall–Kier alpha value is -2.96. The molecule has 1 heterocycles. The van der Waals surface area contributed by atoms with Gasteiger partial charge in [0.2, 0.25) is 15.9 Å². The minimum atomic E-state index is -3.86. The summed E-state index contributed by atoms with van der Waals surface area (Å²) in [7, 11) is -3.86. The maximum Gasteiger partial charge on any atom is 0.241 e. The molecule has 3 aromatic carbocycles. The van der Waals surface area contributed by atoms with Crippen LogP contribution >= 0.6 is 0 Å². The average molecular weight is 407 g/mol. The Morgan fingerprint density at radius 3 is 2.21 bits per heavy atom. The molecule has 0 saturated heterocycles. The highest BCUT2D eigenvalue weighted by atomic mass is 32.2. The van der Waals surface area contributed by atoms with E-state index in [1.807, 2.05) is 61.5 Å². The maximum atomic E-state index is 13.2. The van der Waals surface area contributed by atoms with Crippen molar-refractivity contribution in [3.63, 3.8) is 0 Å². The number of fused-ring (bicyclic) bond motifs is 1. The van der Waals surface area contributed by atoms with Gasteiger partial charge >= 0.3 is 0 Å². The lowest BCUT2D eigenvalue weighted by Crippen LogP contribution is -2.46. The molecular formula is C23H22N2O3S. The largest absolute Gasteiger partial charge is 0.325 e. The minimum Gasteiger partial charge on any atom is -0.325 e. The van der Waals surface area contributed by atoms with E-state index in [0.29, 0.717) is 5.69 Å². The SMILES string of the molecule is Cc1ccc(S(=O)(=O)N[C@@H](c2ccccc2)[C@@]2(C)C(=O)Nc3ccccc32)cc1. The van der Waals surface area contributed by atoms with Crippen LogP contribution < -0.4 is 10.0 Å². The highest BCUT2D eigenvalue weighted by Crippen LogP contribution is 2.46. The van der Waals surface area contributed by atoms with Gasteiger partial charge < -0.3 is 5.32 Å². The van der Waals surface area contributed by atoms with E-state index in [2.05, 4.69) is 10.0 Å². The van der Waals surface area contributed by atoms with E-state index in [-0.39, 0.29) is 10.8 Å². The molecule has 0 radical (unpaired) electrons. The van der Waals surface area contributed by atoms with Gasteiger partial charge in [0, 0.05) is 5.69 Å². The monoisotopic (exact) mass is 406 g/mol. The van der Waals surface area contributed by atoms with Crippen LogP contribution in [0.2, 0.25) is 0 Å². The number of anilines is 1. The van der Waals surface area contributed by atoms with E-state index in [1.54, 1.807) is 31.2 Å². The summed E-state index contributed by atoms with van der Waals surface area (Å²) < 4.78 is 29.2. The van der Waals surface area contributed by atoms with E-state index in [1.165, 1.54) is 0 Å². The number of carbonyl (C=O) groups is 1. The van der Waals surface area contributed by atoms with Crippen molar-refractivity contribution >= 4 is 21.6 Å². The summed E-state index contributed by atoms with van der Waals surface area (Å²) >= 11 is 0. The summed E-state index contributed by atoms with van der Waals surface area (Å²) in [5.74, 6) is -0.237. The first-order chi connectivity index (χ1) is 13.8. The second-order valence-corrected chi connectivity index (χ2v) is 9.19. The van der Waals surface area contributed by atoms with Crippen LogP contribution in [0.1, 0.15) is 29.7 Å². The van der Waals surface area contributed by atoms with E-state index in [4.69, 9.17) is 0 Å². The Labute approximate surface area is 170 Å². The van der Waals surface area contributed by atoms with Gasteiger partial charge in [0.1, 0.15) is 0 Å².